The molecule has 0 aromatic heterocycles. The molecular formula is C11H12O4. The Kier molecular flexibility index (Phi) is 2.76. The molecule has 0 bridgehead atoms. The number of carbonyl (C=O) groups is 1. The Labute approximate surface area is 87.4 Å². The molecule has 1 aliphatic rings. The molecule has 0 spiro atoms. The van der Waals surface area contributed by atoms with Crippen LogP contribution in [0.1, 0.15) is 12.0 Å². The van der Waals surface area contributed by atoms with Gasteiger partial charge in [-0.1, -0.05) is 12.1 Å². The molecule has 1 aromatic carbocycles. The number of benzene rings is 1. The fourth-order valence-corrected chi connectivity index (χ4v) is 1.56. The van der Waals surface area contributed by atoms with Crippen molar-refractivity contribution in [3.8, 4) is 11.5 Å². The molecule has 0 fully saturated rings. The number of para-hydroxylation sites is 1. The summed E-state index contributed by atoms with van der Waals surface area (Å²) >= 11 is 0. The maximum Gasteiger partial charge on any atom is 0.307 e. The van der Waals surface area contributed by atoms with Crippen LogP contribution >= 0.6 is 0 Å². The van der Waals surface area contributed by atoms with Crippen LogP contribution in [0.4, 0.5) is 0 Å². The Bertz CT molecular complexity index is 373. The van der Waals surface area contributed by atoms with Crippen LogP contribution in [0.5, 0.6) is 11.5 Å². The van der Waals surface area contributed by atoms with Crippen molar-refractivity contribution in [1.82, 2.24) is 0 Å². The SMILES string of the molecule is O=C(O)Cc1cccc2c1OCCCO2. The lowest BCUT2D eigenvalue weighted by Gasteiger charge is -2.10. The van der Waals surface area contributed by atoms with Gasteiger partial charge in [-0.05, 0) is 6.07 Å². The molecule has 1 aliphatic heterocycles. The molecule has 80 valence electrons. The zero-order valence-electron chi connectivity index (χ0n) is 8.23. The summed E-state index contributed by atoms with van der Waals surface area (Å²) in [7, 11) is 0. The normalized spacial score (nSPS) is 14.4. The third-order valence-corrected chi connectivity index (χ3v) is 2.19. The monoisotopic (exact) mass is 208 g/mol. The van der Waals surface area contributed by atoms with Crippen LogP contribution in [0, 0.1) is 0 Å². The van der Waals surface area contributed by atoms with Gasteiger partial charge in [0.05, 0.1) is 19.6 Å². The summed E-state index contributed by atoms with van der Waals surface area (Å²) in [5, 5.41) is 8.74. The molecule has 0 aliphatic carbocycles. The molecule has 0 atom stereocenters. The highest BCUT2D eigenvalue weighted by Crippen LogP contribution is 2.33. The molecule has 0 radical (unpaired) electrons. The van der Waals surface area contributed by atoms with Gasteiger partial charge in [0.2, 0.25) is 0 Å². The maximum absolute atomic E-state index is 10.6. The summed E-state index contributed by atoms with van der Waals surface area (Å²) in [4.78, 5) is 10.6. The molecule has 0 amide bonds. The summed E-state index contributed by atoms with van der Waals surface area (Å²) in [5.74, 6) is 0.361. The largest absolute Gasteiger partial charge is 0.490 e. The van der Waals surface area contributed by atoms with E-state index in [1.165, 1.54) is 0 Å². The summed E-state index contributed by atoms with van der Waals surface area (Å²) < 4.78 is 10.9. The molecule has 1 heterocycles. The summed E-state index contributed by atoms with van der Waals surface area (Å²) in [6.07, 6.45) is 0.785. The van der Waals surface area contributed by atoms with E-state index in [9.17, 15) is 4.79 Å². The molecule has 1 aromatic rings. The first-order valence-electron chi connectivity index (χ1n) is 4.86. The van der Waals surface area contributed by atoms with Gasteiger partial charge < -0.3 is 14.6 Å². The number of hydrogen-bond donors (Lipinski definition) is 1. The quantitative estimate of drug-likeness (QED) is 0.799. The van der Waals surface area contributed by atoms with Crippen molar-refractivity contribution >= 4 is 5.97 Å². The smallest absolute Gasteiger partial charge is 0.307 e. The lowest BCUT2D eigenvalue weighted by atomic mass is 10.1. The Morgan fingerprint density at radius 2 is 2.13 bits per heavy atom. The second kappa shape index (κ2) is 4.21. The van der Waals surface area contributed by atoms with E-state index in [4.69, 9.17) is 14.6 Å². The van der Waals surface area contributed by atoms with E-state index in [0.29, 0.717) is 30.3 Å². The number of ether oxygens (including phenoxy) is 2. The van der Waals surface area contributed by atoms with Crippen LogP contribution in [0.3, 0.4) is 0 Å². The van der Waals surface area contributed by atoms with Crippen LogP contribution < -0.4 is 9.47 Å². The number of carboxylic acid groups (broad SMARTS) is 1. The van der Waals surface area contributed by atoms with E-state index in [-0.39, 0.29) is 6.42 Å². The molecule has 0 unspecified atom stereocenters. The minimum absolute atomic E-state index is 0.0352. The highest BCUT2D eigenvalue weighted by atomic mass is 16.5. The Morgan fingerprint density at radius 1 is 1.33 bits per heavy atom. The first kappa shape index (κ1) is 9.83. The highest BCUT2D eigenvalue weighted by Gasteiger charge is 2.15. The number of aliphatic carboxylic acids is 1. The van der Waals surface area contributed by atoms with E-state index >= 15 is 0 Å². The maximum atomic E-state index is 10.6. The van der Waals surface area contributed by atoms with Crippen molar-refractivity contribution in [2.45, 2.75) is 12.8 Å². The zero-order chi connectivity index (χ0) is 10.7. The minimum atomic E-state index is -0.865. The van der Waals surface area contributed by atoms with E-state index in [0.717, 1.165) is 6.42 Å². The summed E-state index contributed by atoms with van der Waals surface area (Å²) in [5.41, 5.74) is 0.668. The van der Waals surface area contributed by atoms with E-state index in [2.05, 4.69) is 0 Å². The molecule has 0 saturated heterocycles. The van der Waals surface area contributed by atoms with Crippen LogP contribution in [-0.2, 0) is 11.2 Å². The fourth-order valence-electron chi connectivity index (χ4n) is 1.56. The van der Waals surface area contributed by atoms with Gasteiger partial charge in [-0.3, -0.25) is 4.79 Å². The van der Waals surface area contributed by atoms with Gasteiger partial charge in [0.25, 0.3) is 0 Å². The number of hydrogen-bond acceptors (Lipinski definition) is 3. The van der Waals surface area contributed by atoms with Crippen LogP contribution in [0.2, 0.25) is 0 Å². The first-order valence-corrected chi connectivity index (χ1v) is 4.86. The third-order valence-electron chi connectivity index (χ3n) is 2.19. The van der Waals surface area contributed by atoms with Gasteiger partial charge >= 0.3 is 5.97 Å². The Hall–Kier alpha value is -1.71. The van der Waals surface area contributed by atoms with Crippen LogP contribution in [-0.4, -0.2) is 24.3 Å². The molecule has 15 heavy (non-hydrogen) atoms. The van der Waals surface area contributed by atoms with Gasteiger partial charge in [-0.15, -0.1) is 0 Å². The molecule has 1 N–H and O–H groups in total. The van der Waals surface area contributed by atoms with Gasteiger partial charge in [0.1, 0.15) is 0 Å². The van der Waals surface area contributed by atoms with Crippen LogP contribution in [0.15, 0.2) is 18.2 Å². The van der Waals surface area contributed by atoms with Crippen molar-refractivity contribution in [1.29, 1.82) is 0 Å². The average molecular weight is 208 g/mol. The number of fused-ring (bicyclic) bond motifs is 1. The fraction of sp³-hybridized carbons (Fsp3) is 0.364. The summed E-state index contributed by atoms with van der Waals surface area (Å²) in [6, 6.07) is 5.33. The second-order valence-corrected chi connectivity index (χ2v) is 3.37. The van der Waals surface area contributed by atoms with Crippen molar-refractivity contribution < 1.29 is 19.4 Å². The zero-order valence-corrected chi connectivity index (χ0v) is 8.23. The molecule has 2 rings (SSSR count). The average Bonchev–Trinajstić information content (AvgIpc) is 2.42. The van der Waals surface area contributed by atoms with Crippen molar-refractivity contribution in [3.63, 3.8) is 0 Å². The second-order valence-electron chi connectivity index (χ2n) is 3.37. The van der Waals surface area contributed by atoms with Gasteiger partial charge in [0, 0.05) is 12.0 Å². The van der Waals surface area contributed by atoms with Crippen molar-refractivity contribution in [3.05, 3.63) is 23.8 Å². The number of rotatable bonds is 2. The van der Waals surface area contributed by atoms with Crippen molar-refractivity contribution in [2.75, 3.05) is 13.2 Å². The van der Waals surface area contributed by atoms with Gasteiger partial charge in [-0.2, -0.15) is 0 Å². The lowest BCUT2D eigenvalue weighted by molar-refractivity contribution is -0.136. The lowest BCUT2D eigenvalue weighted by Crippen LogP contribution is -2.03. The first-order chi connectivity index (χ1) is 7.27. The minimum Gasteiger partial charge on any atom is -0.490 e. The topological polar surface area (TPSA) is 55.8 Å². The predicted octanol–water partition coefficient (Wildman–Crippen LogP) is 1.48. The molecular weight excluding hydrogens is 196 g/mol. The predicted molar refractivity (Wildman–Crippen MR) is 53.4 cm³/mol. The van der Waals surface area contributed by atoms with Gasteiger partial charge in [-0.25, -0.2) is 0 Å². The van der Waals surface area contributed by atoms with Crippen LogP contribution in [0.25, 0.3) is 0 Å². The van der Waals surface area contributed by atoms with Crippen molar-refractivity contribution in [2.24, 2.45) is 0 Å². The molecule has 0 saturated carbocycles. The highest BCUT2D eigenvalue weighted by molar-refractivity contribution is 5.72. The Morgan fingerprint density at radius 3 is 2.93 bits per heavy atom. The molecule has 4 nitrogen and oxygen atoms in total. The number of carboxylic acids is 1. The third kappa shape index (κ3) is 2.21. The Balaban J connectivity index is 2.34. The van der Waals surface area contributed by atoms with E-state index in [1.54, 1.807) is 18.2 Å². The summed E-state index contributed by atoms with van der Waals surface area (Å²) in [6.45, 7) is 1.19. The van der Waals surface area contributed by atoms with E-state index in [1.807, 2.05) is 0 Å². The van der Waals surface area contributed by atoms with Gasteiger partial charge in [0.15, 0.2) is 11.5 Å². The van der Waals surface area contributed by atoms with E-state index < -0.39 is 5.97 Å². The standard InChI is InChI=1S/C11H12O4/c12-10(13)7-8-3-1-4-9-11(8)15-6-2-5-14-9/h1,3-4H,2,5-7H2,(H,12,13). The molecule has 4 heteroatoms.